The molecule has 0 aliphatic carbocycles. The van der Waals surface area contributed by atoms with Crippen LogP contribution in [0, 0.1) is 4.91 Å². The van der Waals surface area contributed by atoms with Gasteiger partial charge in [0.15, 0.2) is 0 Å². The van der Waals surface area contributed by atoms with Gasteiger partial charge in [-0.1, -0.05) is 36.4 Å². The summed E-state index contributed by atoms with van der Waals surface area (Å²) < 4.78 is 11.2. The summed E-state index contributed by atoms with van der Waals surface area (Å²) in [4.78, 5) is 42.1. The Bertz CT molecular complexity index is 1490. The van der Waals surface area contributed by atoms with Crippen LogP contribution in [0.25, 0.3) is 22.3 Å². The molecule has 0 fully saturated rings. The maximum Gasteiger partial charge on any atom is 0.290 e. The van der Waals surface area contributed by atoms with Crippen LogP contribution in [0.4, 0.5) is 0 Å². The third-order valence-electron chi connectivity index (χ3n) is 6.53. The number of carbonyl (C=O) groups excluding carboxylic acids is 2. The Balaban J connectivity index is 1.81. The van der Waals surface area contributed by atoms with Crippen molar-refractivity contribution >= 4 is 11.8 Å². The van der Waals surface area contributed by atoms with E-state index in [4.69, 9.17) is 9.47 Å². The molecular weight excluding hydrogens is 506 g/mol. The Labute approximate surface area is 233 Å². The second-order valence-corrected chi connectivity index (χ2v) is 9.07. The normalized spacial score (nSPS) is 10.6. The van der Waals surface area contributed by atoms with Crippen molar-refractivity contribution in [1.29, 1.82) is 0 Å². The van der Waals surface area contributed by atoms with E-state index in [-0.39, 0.29) is 12.3 Å². The Kier molecular flexibility index (Phi) is 9.35. The summed E-state index contributed by atoms with van der Waals surface area (Å²) in [6.45, 7) is 5.22. The molecule has 4 rings (SSSR count). The van der Waals surface area contributed by atoms with E-state index in [1.54, 1.807) is 42.5 Å². The van der Waals surface area contributed by atoms with Crippen molar-refractivity contribution in [3.8, 4) is 33.9 Å². The van der Waals surface area contributed by atoms with Crippen LogP contribution in [0.1, 0.15) is 35.3 Å². The molecule has 0 atom stereocenters. The van der Waals surface area contributed by atoms with E-state index in [1.165, 1.54) is 0 Å². The zero-order chi connectivity index (χ0) is 28.5. The van der Waals surface area contributed by atoms with Crippen LogP contribution in [0.5, 0.6) is 11.6 Å². The number of rotatable bonds is 11. The second kappa shape index (κ2) is 13.3. The van der Waals surface area contributed by atoms with Gasteiger partial charge in [-0.2, -0.15) is 0 Å². The molecule has 0 aliphatic rings. The van der Waals surface area contributed by atoms with Gasteiger partial charge in [0.05, 0.1) is 20.1 Å². The molecule has 0 radical (unpaired) electrons. The van der Waals surface area contributed by atoms with Crippen molar-refractivity contribution < 1.29 is 19.1 Å². The maximum atomic E-state index is 13.4. The highest BCUT2D eigenvalue weighted by Crippen LogP contribution is 2.36. The minimum Gasteiger partial charge on any atom is -0.496 e. The van der Waals surface area contributed by atoms with Crippen molar-refractivity contribution in [1.82, 2.24) is 9.88 Å². The number of nitrogens with zero attached hydrogens (tertiary/aromatic N) is 3. The highest BCUT2D eigenvalue weighted by molar-refractivity contribution is 5.94. The number of ether oxygens (including phenoxy) is 2. The summed E-state index contributed by atoms with van der Waals surface area (Å²) in [6, 6.07) is 24.3. The molecule has 4 aromatic rings. The van der Waals surface area contributed by atoms with E-state index in [2.05, 4.69) is 10.2 Å². The van der Waals surface area contributed by atoms with Crippen LogP contribution in [-0.2, 0) is 17.8 Å². The van der Waals surface area contributed by atoms with Crippen LogP contribution in [0.15, 0.2) is 90.2 Å². The van der Waals surface area contributed by atoms with Gasteiger partial charge >= 0.3 is 0 Å². The van der Waals surface area contributed by atoms with E-state index in [9.17, 15) is 14.5 Å². The van der Waals surface area contributed by atoms with E-state index in [1.807, 2.05) is 68.4 Å². The van der Waals surface area contributed by atoms with E-state index >= 15 is 0 Å². The van der Waals surface area contributed by atoms with Crippen LogP contribution in [0.3, 0.4) is 0 Å². The van der Waals surface area contributed by atoms with Crippen molar-refractivity contribution in [2.24, 2.45) is 5.18 Å². The van der Waals surface area contributed by atoms with E-state index in [0.29, 0.717) is 42.5 Å². The fraction of sp³-hybridized carbons (Fsp3) is 0.219. The topological polar surface area (TPSA) is 98.2 Å². The Morgan fingerprint density at radius 3 is 2.33 bits per heavy atom. The van der Waals surface area contributed by atoms with E-state index in [0.717, 1.165) is 27.8 Å². The summed E-state index contributed by atoms with van der Waals surface area (Å²) in [7, 11) is 1.58. The van der Waals surface area contributed by atoms with Gasteiger partial charge in [-0.05, 0) is 72.5 Å². The van der Waals surface area contributed by atoms with Gasteiger partial charge in [-0.25, -0.2) is 4.98 Å². The van der Waals surface area contributed by atoms with Crippen molar-refractivity contribution in [2.75, 3.05) is 20.3 Å². The first-order valence-corrected chi connectivity index (χ1v) is 13.1. The summed E-state index contributed by atoms with van der Waals surface area (Å²) in [5, 5.41) is 2.53. The minimum atomic E-state index is -0.750. The average Bonchev–Trinajstić information content (AvgIpc) is 3.00. The summed E-state index contributed by atoms with van der Waals surface area (Å²) in [5.74, 6) is 0.324. The quantitative estimate of drug-likeness (QED) is 0.208. The van der Waals surface area contributed by atoms with Gasteiger partial charge in [0.25, 0.3) is 11.8 Å². The molecule has 3 aromatic carbocycles. The van der Waals surface area contributed by atoms with Gasteiger partial charge in [0, 0.05) is 47.2 Å². The summed E-state index contributed by atoms with van der Waals surface area (Å²) >= 11 is 0. The molecule has 0 aliphatic heterocycles. The first-order chi connectivity index (χ1) is 19.5. The maximum absolute atomic E-state index is 13.4. The Morgan fingerprint density at radius 1 is 0.900 bits per heavy atom. The predicted molar refractivity (Wildman–Crippen MR) is 154 cm³/mol. The summed E-state index contributed by atoms with van der Waals surface area (Å²) in [6.07, 6.45) is 1.65. The number of aromatic nitrogens is 1. The number of hydrogen-bond acceptors (Lipinski definition) is 6. The van der Waals surface area contributed by atoms with Crippen LogP contribution < -0.4 is 9.47 Å². The standard InChI is InChI=1S/C32H31N3O5/c1-4-35(32(37)23-9-7-6-8-10-23)21-26-19-24(25-13-16-31(33-20-25)40-5-2)12-14-27(26)28-17-22(18-30(36)34-38)11-15-29(28)39-3/h6-17,19-20H,4-5,18,21H2,1-3H3. The Hall–Kier alpha value is -4.85. The first kappa shape index (κ1) is 28.2. The molecular formula is C32H31N3O5. The number of carbonyl (C=O) groups is 2. The Morgan fingerprint density at radius 2 is 1.68 bits per heavy atom. The highest BCUT2D eigenvalue weighted by Gasteiger charge is 2.19. The van der Waals surface area contributed by atoms with Gasteiger partial charge in [0.2, 0.25) is 5.88 Å². The SMILES string of the molecule is CCOc1ccc(-c2ccc(-c3cc(CC(=O)N=O)ccc3OC)c(CN(CC)C(=O)c3ccccc3)c2)cn1. The fourth-order valence-corrected chi connectivity index (χ4v) is 4.53. The molecule has 2 amide bonds. The number of amides is 2. The summed E-state index contributed by atoms with van der Waals surface area (Å²) in [5.41, 5.74) is 5.54. The van der Waals surface area contributed by atoms with Crippen molar-refractivity contribution in [2.45, 2.75) is 26.8 Å². The largest absolute Gasteiger partial charge is 0.496 e. The lowest BCUT2D eigenvalue weighted by Gasteiger charge is -2.24. The van der Waals surface area contributed by atoms with Gasteiger partial charge in [0.1, 0.15) is 5.75 Å². The lowest BCUT2D eigenvalue weighted by Crippen LogP contribution is -2.30. The third kappa shape index (κ3) is 6.58. The molecule has 1 heterocycles. The average molecular weight is 538 g/mol. The first-order valence-electron chi connectivity index (χ1n) is 13.1. The zero-order valence-corrected chi connectivity index (χ0v) is 22.8. The number of pyridine rings is 1. The highest BCUT2D eigenvalue weighted by atomic mass is 16.5. The van der Waals surface area contributed by atoms with Crippen LogP contribution in [-0.4, -0.2) is 42.0 Å². The molecule has 0 saturated heterocycles. The van der Waals surface area contributed by atoms with Gasteiger partial charge in [-0.3, -0.25) is 9.59 Å². The van der Waals surface area contributed by atoms with Crippen LogP contribution >= 0.6 is 0 Å². The molecule has 0 bridgehead atoms. The zero-order valence-electron chi connectivity index (χ0n) is 22.8. The van der Waals surface area contributed by atoms with E-state index < -0.39 is 5.91 Å². The molecule has 204 valence electrons. The molecule has 8 heteroatoms. The third-order valence-corrected chi connectivity index (χ3v) is 6.53. The molecule has 1 aromatic heterocycles. The lowest BCUT2D eigenvalue weighted by atomic mass is 9.93. The number of hydrogen-bond donors (Lipinski definition) is 0. The second-order valence-electron chi connectivity index (χ2n) is 9.07. The predicted octanol–water partition coefficient (Wildman–Crippen LogP) is 6.32. The van der Waals surface area contributed by atoms with Crippen molar-refractivity contribution in [3.05, 3.63) is 107 Å². The molecule has 0 unspecified atom stereocenters. The van der Waals surface area contributed by atoms with Gasteiger partial charge in [-0.15, -0.1) is 4.91 Å². The van der Waals surface area contributed by atoms with Crippen LogP contribution in [0.2, 0.25) is 0 Å². The van der Waals surface area contributed by atoms with Gasteiger partial charge < -0.3 is 14.4 Å². The monoisotopic (exact) mass is 537 g/mol. The number of methoxy groups -OCH3 is 1. The minimum absolute atomic E-state index is 0.0782. The number of benzene rings is 3. The molecule has 0 saturated carbocycles. The molecule has 0 spiro atoms. The fourth-order valence-electron chi connectivity index (χ4n) is 4.53. The molecule has 8 nitrogen and oxygen atoms in total. The van der Waals surface area contributed by atoms with Crippen molar-refractivity contribution in [3.63, 3.8) is 0 Å². The smallest absolute Gasteiger partial charge is 0.290 e. The lowest BCUT2D eigenvalue weighted by molar-refractivity contribution is -0.117. The molecule has 40 heavy (non-hydrogen) atoms. The number of nitroso groups, excluding NO2 is 1. The molecule has 0 N–H and O–H groups in total.